The monoisotopic (exact) mass is 361 g/mol. The lowest BCUT2D eigenvalue weighted by atomic mass is 10.0. The molecular formula is C16H20BrN5. The van der Waals surface area contributed by atoms with E-state index in [1.807, 2.05) is 12.3 Å². The Balaban J connectivity index is 1.65. The van der Waals surface area contributed by atoms with Crippen LogP contribution in [0.25, 0.3) is 0 Å². The minimum absolute atomic E-state index is 0.516. The number of hydrogen-bond acceptors (Lipinski definition) is 5. The highest BCUT2D eigenvalue weighted by Gasteiger charge is 2.24. The molecule has 1 saturated heterocycles. The van der Waals surface area contributed by atoms with Crippen LogP contribution in [-0.2, 0) is 0 Å². The van der Waals surface area contributed by atoms with E-state index in [1.54, 1.807) is 12.5 Å². The lowest BCUT2D eigenvalue weighted by Crippen LogP contribution is -2.44. The van der Waals surface area contributed by atoms with Crippen molar-refractivity contribution in [2.24, 2.45) is 0 Å². The van der Waals surface area contributed by atoms with Crippen molar-refractivity contribution in [3.8, 4) is 0 Å². The Morgan fingerprint density at radius 3 is 2.68 bits per heavy atom. The number of piperidine rings is 1. The summed E-state index contributed by atoms with van der Waals surface area (Å²) in [5.74, 6) is 2.10. The Morgan fingerprint density at radius 2 is 2.05 bits per heavy atom. The maximum Gasteiger partial charge on any atom is 0.131 e. The third kappa shape index (κ3) is 3.21. The van der Waals surface area contributed by atoms with Gasteiger partial charge in [-0.05, 0) is 53.4 Å². The molecule has 0 atom stereocenters. The number of aryl methyl sites for hydroxylation is 1. The van der Waals surface area contributed by atoms with Gasteiger partial charge in [0, 0.05) is 43.0 Å². The molecule has 5 nitrogen and oxygen atoms in total. The van der Waals surface area contributed by atoms with Crippen molar-refractivity contribution in [2.75, 3.05) is 29.9 Å². The van der Waals surface area contributed by atoms with E-state index in [2.05, 4.69) is 60.7 Å². The van der Waals surface area contributed by atoms with E-state index in [9.17, 15) is 0 Å². The standard InChI is InChI=1S/C16H20BrN5/c1-12-9-13(17)10-19-16(12)22-7-4-14(5-8-22)21(2)15-3-6-18-11-20-15/h3,6,9-11,14H,4-5,7-8H2,1-2H3. The van der Waals surface area contributed by atoms with Crippen LogP contribution in [0.1, 0.15) is 18.4 Å². The van der Waals surface area contributed by atoms with Crippen molar-refractivity contribution < 1.29 is 0 Å². The maximum absolute atomic E-state index is 4.57. The number of nitrogens with zero attached hydrogens (tertiary/aromatic N) is 5. The fourth-order valence-corrected chi connectivity index (χ4v) is 3.45. The molecule has 0 saturated carbocycles. The Kier molecular flexibility index (Phi) is 4.57. The lowest BCUT2D eigenvalue weighted by Gasteiger charge is -2.38. The number of hydrogen-bond donors (Lipinski definition) is 0. The molecule has 0 radical (unpaired) electrons. The number of aromatic nitrogens is 3. The second-order valence-corrected chi connectivity index (χ2v) is 6.61. The molecule has 2 aromatic rings. The van der Waals surface area contributed by atoms with Gasteiger partial charge in [-0.1, -0.05) is 0 Å². The summed E-state index contributed by atoms with van der Waals surface area (Å²) in [6.45, 7) is 4.16. The Hall–Kier alpha value is -1.69. The molecule has 6 heteroatoms. The smallest absolute Gasteiger partial charge is 0.131 e. The minimum atomic E-state index is 0.516. The first-order valence-corrected chi connectivity index (χ1v) is 8.30. The topological polar surface area (TPSA) is 45.2 Å². The summed E-state index contributed by atoms with van der Waals surface area (Å²) in [7, 11) is 2.12. The van der Waals surface area contributed by atoms with Crippen LogP contribution < -0.4 is 9.80 Å². The summed E-state index contributed by atoms with van der Waals surface area (Å²) in [5, 5.41) is 0. The fourth-order valence-electron chi connectivity index (χ4n) is 3.01. The van der Waals surface area contributed by atoms with Gasteiger partial charge in [0.15, 0.2) is 0 Å². The normalized spacial score (nSPS) is 15.9. The van der Waals surface area contributed by atoms with E-state index >= 15 is 0 Å². The third-order valence-electron chi connectivity index (χ3n) is 4.26. The number of rotatable bonds is 3. The van der Waals surface area contributed by atoms with Crippen molar-refractivity contribution in [3.63, 3.8) is 0 Å². The van der Waals surface area contributed by atoms with Gasteiger partial charge in [-0.3, -0.25) is 0 Å². The van der Waals surface area contributed by atoms with Crippen molar-refractivity contribution in [3.05, 3.63) is 40.9 Å². The SMILES string of the molecule is Cc1cc(Br)cnc1N1CCC(N(C)c2ccncn2)CC1. The molecule has 3 heterocycles. The van der Waals surface area contributed by atoms with E-state index in [4.69, 9.17) is 0 Å². The van der Waals surface area contributed by atoms with Crippen molar-refractivity contribution in [1.29, 1.82) is 0 Å². The largest absolute Gasteiger partial charge is 0.356 e. The van der Waals surface area contributed by atoms with Gasteiger partial charge in [0.25, 0.3) is 0 Å². The zero-order valence-corrected chi connectivity index (χ0v) is 14.5. The van der Waals surface area contributed by atoms with Crippen LogP contribution in [0.4, 0.5) is 11.6 Å². The van der Waals surface area contributed by atoms with Crippen LogP contribution in [-0.4, -0.2) is 41.1 Å². The predicted octanol–water partition coefficient (Wildman–Crippen LogP) is 3.05. The number of pyridine rings is 1. The van der Waals surface area contributed by atoms with Crippen LogP contribution in [0, 0.1) is 6.92 Å². The first-order valence-electron chi connectivity index (χ1n) is 7.51. The van der Waals surface area contributed by atoms with Crippen molar-refractivity contribution >= 4 is 27.6 Å². The number of anilines is 2. The molecule has 2 aromatic heterocycles. The van der Waals surface area contributed by atoms with E-state index in [-0.39, 0.29) is 0 Å². The van der Waals surface area contributed by atoms with Crippen LogP contribution >= 0.6 is 15.9 Å². The molecule has 0 N–H and O–H groups in total. The molecule has 0 aliphatic carbocycles. The molecule has 1 aliphatic heterocycles. The average Bonchev–Trinajstić information content (AvgIpc) is 2.55. The van der Waals surface area contributed by atoms with E-state index in [0.717, 1.165) is 42.0 Å². The third-order valence-corrected chi connectivity index (χ3v) is 4.69. The van der Waals surface area contributed by atoms with E-state index in [0.29, 0.717) is 6.04 Å². The fraction of sp³-hybridized carbons (Fsp3) is 0.438. The van der Waals surface area contributed by atoms with E-state index in [1.165, 1.54) is 5.56 Å². The molecule has 0 aromatic carbocycles. The van der Waals surface area contributed by atoms with Crippen LogP contribution in [0.3, 0.4) is 0 Å². The molecular weight excluding hydrogens is 342 g/mol. The average molecular weight is 362 g/mol. The molecule has 3 rings (SSSR count). The summed E-state index contributed by atoms with van der Waals surface area (Å²) in [5.41, 5.74) is 1.22. The van der Waals surface area contributed by atoms with Crippen molar-refractivity contribution in [1.82, 2.24) is 15.0 Å². The first kappa shape index (κ1) is 15.2. The molecule has 0 bridgehead atoms. The minimum Gasteiger partial charge on any atom is -0.356 e. The first-order chi connectivity index (χ1) is 10.6. The molecule has 1 fully saturated rings. The molecule has 116 valence electrons. The highest BCUT2D eigenvalue weighted by atomic mass is 79.9. The molecule has 1 aliphatic rings. The van der Waals surface area contributed by atoms with Gasteiger partial charge in [0.2, 0.25) is 0 Å². The molecule has 0 unspecified atom stereocenters. The maximum atomic E-state index is 4.57. The van der Waals surface area contributed by atoms with Crippen LogP contribution in [0.15, 0.2) is 35.3 Å². The highest BCUT2D eigenvalue weighted by molar-refractivity contribution is 9.10. The van der Waals surface area contributed by atoms with Gasteiger partial charge in [0.1, 0.15) is 18.0 Å². The van der Waals surface area contributed by atoms with Crippen LogP contribution in [0.5, 0.6) is 0 Å². The van der Waals surface area contributed by atoms with Crippen molar-refractivity contribution in [2.45, 2.75) is 25.8 Å². The summed E-state index contributed by atoms with van der Waals surface area (Å²) in [6, 6.07) is 4.61. The van der Waals surface area contributed by atoms with Gasteiger partial charge in [-0.2, -0.15) is 0 Å². The molecule has 0 amide bonds. The zero-order valence-electron chi connectivity index (χ0n) is 12.9. The quantitative estimate of drug-likeness (QED) is 0.840. The van der Waals surface area contributed by atoms with Gasteiger partial charge < -0.3 is 9.80 Å². The Bertz CT molecular complexity index is 626. The molecule has 0 spiro atoms. The predicted molar refractivity (Wildman–Crippen MR) is 92.3 cm³/mol. The second-order valence-electron chi connectivity index (χ2n) is 5.69. The molecule has 22 heavy (non-hydrogen) atoms. The summed E-state index contributed by atoms with van der Waals surface area (Å²) in [6.07, 6.45) is 7.50. The lowest BCUT2D eigenvalue weighted by molar-refractivity contribution is 0.477. The summed E-state index contributed by atoms with van der Waals surface area (Å²) in [4.78, 5) is 17.5. The highest BCUT2D eigenvalue weighted by Crippen LogP contribution is 2.26. The second kappa shape index (κ2) is 6.60. The number of halogens is 1. The Morgan fingerprint density at radius 1 is 1.27 bits per heavy atom. The Labute approximate surface area is 139 Å². The summed E-state index contributed by atoms with van der Waals surface area (Å²) < 4.78 is 1.03. The van der Waals surface area contributed by atoms with Gasteiger partial charge in [0.05, 0.1) is 0 Å². The zero-order chi connectivity index (χ0) is 15.5. The van der Waals surface area contributed by atoms with Gasteiger partial charge in [-0.15, -0.1) is 0 Å². The van der Waals surface area contributed by atoms with Gasteiger partial charge in [-0.25, -0.2) is 15.0 Å². The summed E-state index contributed by atoms with van der Waals surface area (Å²) >= 11 is 3.48. The van der Waals surface area contributed by atoms with E-state index < -0.39 is 0 Å². The van der Waals surface area contributed by atoms with Crippen LogP contribution in [0.2, 0.25) is 0 Å². The van der Waals surface area contributed by atoms with Gasteiger partial charge >= 0.3 is 0 Å².